The maximum absolute atomic E-state index is 15.0. The Morgan fingerprint density at radius 2 is 1.49 bits per heavy atom. The fraction of sp³-hybridized carbons (Fsp3) is 0.413. The summed E-state index contributed by atoms with van der Waals surface area (Å²) in [5.41, 5.74) is 5.66. The van der Waals surface area contributed by atoms with Gasteiger partial charge in [0, 0.05) is 26.8 Å². The van der Waals surface area contributed by atoms with Crippen LogP contribution in [0.4, 0.5) is 8.78 Å². The summed E-state index contributed by atoms with van der Waals surface area (Å²) in [5, 5.41) is 0. The van der Waals surface area contributed by atoms with E-state index in [2.05, 4.69) is 70.9 Å². The van der Waals surface area contributed by atoms with Gasteiger partial charge in [0.05, 0.1) is 0 Å². The van der Waals surface area contributed by atoms with E-state index in [0.29, 0.717) is 22.6 Å². The lowest BCUT2D eigenvalue weighted by molar-refractivity contribution is 0.101. The van der Waals surface area contributed by atoms with Gasteiger partial charge >= 0.3 is 0 Å². The van der Waals surface area contributed by atoms with E-state index in [4.69, 9.17) is 0 Å². The van der Waals surface area contributed by atoms with Crippen molar-refractivity contribution in [3.8, 4) is 10.4 Å². The monoisotopic (exact) mass is 732 g/mol. The Morgan fingerprint density at radius 1 is 0.902 bits per heavy atom. The van der Waals surface area contributed by atoms with Gasteiger partial charge < -0.3 is 0 Å². The first kappa shape index (κ1) is 45.7. The first-order valence-electron chi connectivity index (χ1n) is 18.5. The van der Waals surface area contributed by atoms with E-state index in [9.17, 15) is 9.18 Å². The van der Waals surface area contributed by atoms with Crippen LogP contribution in [-0.2, 0) is 12.1 Å². The van der Waals surface area contributed by atoms with Crippen LogP contribution in [0.3, 0.4) is 0 Å². The van der Waals surface area contributed by atoms with Gasteiger partial charge in [-0.25, -0.2) is 8.78 Å². The van der Waals surface area contributed by atoms with Gasteiger partial charge in [0.2, 0.25) is 0 Å². The van der Waals surface area contributed by atoms with Crippen LogP contribution in [-0.4, -0.2) is 17.8 Å². The van der Waals surface area contributed by atoms with Crippen molar-refractivity contribution in [1.82, 2.24) is 0 Å². The fourth-order valence-corrected chi connectivity index (χ4v) is 6.83. The van der Waals surface area contributed by atoms with Gasteiger partial charge in [-0.15, -0.1) is 11.3 Å². The van der Waals surface area contributed by atoms with Crippen molar-refractivity contribution in [2.45, 2.75) is 113 Å². The summed E-state index contributed by atoms with van der Waals surface area (Å²) < 4.78 is 29.4. The number of carbonyl (C=O) groups is 1. The molecular weight excluding hydrogens is 671 g/mol. The number of ketones is 1. The normalized spacial score (nSPS) is 11.7. The molecule has 0 saturated carbocycles. The molecule has 1 aromatic heterocycles. The Labute approximate surface area is 317 Å². The minimum absolute atomic E-state index is 0.0458. The van der Waals surface area contributed by atoms with Gasteiger partial charge in [-0.2, -0.15) is 11.8 Å². The molecule has 1 nitrogen and oxygen atoms in total. The highest BCUT2D eigenvalue weighted by molar-refractivity contribution is 7.98. The highest BCUT2D eigenvalue weighted by atomic mass is 32.2. The van der Waals surface area contributed by atoms with E-state index in [1.165, 1.54) is 54.6 Å². The predicted octanol–water partition coefficient (Wildman–Crippen LogP) is 15.3. The van der Waals surface area contributed by atoms with Crippen LogP contribution in [0.25, 0.3) is 16.0 Å². The molecular formula is C46H62F2OS2. The van der Waals surface area contributed by atoms with Crippen molar-refractivity contribution < 1.29 is 13.6 Å². The summed E-state index contributed by atoms with van der Waals surface area (Å²) >= 11 is 3.44. The molecule has 5 heteroatoms. The van der Waals surface area contributed by atoms with Crippen molar-refractivity contribution in [3.05, 3.63) is 136 Å². The second-order valence-corrected chi connectivity index (χ2v) is 14.8. The molecule has 51 heavy (non-hydrogen) atoms. The third-order valence-electron chi connectivity index (χ3n) is 8.25. The number of alkyl halides is 1. The summed E-state index contributed by atoms with van der Waals surface area (Å²) in [6, 6.07) is 25.2. The van der Waals surface area contributed by atoms with Crippen molar-refractivity contribution in [2.75, 3.05) is 12.0 Å². The molecule has 0 N–H and O–H groups in total. The molecule has 0 bridgehead atoms. The number of benzene rings is 3. The summed E-state index contributed by atoms with van der Waals surface area (Å²) in [4.78, 5) is 13.7. The van der Waals surface area contributed by atoms with Gasteiger partial charge in [0.15, 0.2) is 5.78 Å². The van der Waals surface area contributed by atoms with Gasteiger partial charge in [0.1, 0.15) is 11.5 Å². The molecule has 0 saturated heterocycles. The average molecular weight is 733 g/mol. The zero-order chi connectivity index (χ0) is 38.7. The topological polar surface area (TPSA) is 17.1 Å². The summed E-state index contributed by atoms with van der Waals surface area (Å²) in [6.45, 7) is 25.7. The Hall–Kier alpha value is -3.28. The van der Waals surface area contributed by atoms with Gasteiger partial charge in [-0.05, 0) is 110 Å². The number of halogens is 2. The Morgan fingerprint density at radius 3 is 1.94 bits per heavy atom. The van der Waals surface area contributed by atoms with Crippen molar-refractivity contribution in [1.29, 1.82) is 0 Å². The summed E-state index contributed by atoms with van der Waals surface area (Å²) in [5.74, 6) is 1.44. The number of hydrogen-bond acceptors (Lipinski definition) is 3. The second-order valence-electron chi connectivity index (χ2n) is 12.8. The molecule has 0 aliphatic heterocycles. The van der Waals surface area contributed by atoms with Crippen LogP contribution in [0.15, 0.2) is 97.1 Å². The third-order valence-corrected chi connectivity index (χ3v) is 10.3. The predicted molar refractivity (Wildman–Crippen MR) is 226 cm³/mol. The SMILES string of the molecule is C=C(/C=C(\CC)c1ccc(-c2ccc(C(C)(C)F)cc2F)s1)C(Cc1ccc(C(C)=O)cc1)c1ccc(C(C)C)cc1.CC.CC.CCCSC. The zero-order valence-corrected chi connectivity index (χ0v) is 34.9. The maximum atomic E-state index is 15.0. The second kappa shape index (κ2) is 23.3. The van der Waals surface area contributed by atoms with Gasteiger partial charge in [0.25, 0.3) is 0 Å². The molecule has 0 aliphatic rings. The van der Waals surface area contributed by atoms with Crippen LogP contribution in [0.1, 0.15) is 138 Å². The largest absolute Gasteiger partial charge is 0.295 e. The Kier molecular flexibility index (Phi) is 20.9. The number of thioether (sulfide) groups is 1. The van der Waals surface area contributed by atoms with E-state index in [0.717, 1.165) is 39.3 Å². The van der Waals surface area contributed by atoms with Crippen LogP contribution in [0.5, 0.6) is 0 Å². The number of hydrogen-bond donors (Lipinski definition) is 0. The molecule has 4 aromatic rings. The quantitative estimate of drug-likeness (QED) is 0.101. The number of allylic oxidation sites excluding steroid dienone is 3. The zero-order valence-electron chi connectivity index (χ0n) is 33.3. The highest BCUT2D eigenvalue weighted by Crippen LogP contribution is 2.38. The van der Waals surface area contributed by atoms with E-state index in [1.807, 2.05) is 75.9 Å². The minimum Gasteiger partial charge on any atom is -0.295 e. The van der Waals surface area contributed by atoms with Gasteiger partial charge in [-0.3, -0.25) is 4.79 Å². The molecule has 1 heterocycles. The first-order chi connectivity index (χ1) is 24.3. The Balaban J connectivity index is 0.00000131. The molecule has 1 atom stereocenters. The molecule has 0 spiro atoms. The van der Waals surface area contributed by atoms with E-state index in [-0.39, 0.29) is 11.7 Å². The number of carbonyl (C=O) groups excluding carboxylic acids is 1. The lowest BCUT2D eigenvalue weighted by Crippen LogP contribution is -2.09. The van der Waals surface area contributed by atoms with Crippen molar-refractivity contribution >= 4 is 34.5 Å². The average Bonchev–Trinajstić information content (AvgIpc) is 3.61. The Bertz CT molecular complexity index is 1640. The molecule has 0 fully saturated rings. The molecule has 3 aromatic carbocycles. The van der Waals surface area contributed by atoms with Crippen LogP contribution >= 0.6 is 23.1 Å². The molecule has 278 valence electrons. The van der Waals surface area contributed by atoms with Crippen molar-refractivity contribution in [3.63, 3.8) is 0 Å². The standard InChI is InChI=1S/C38H40F2OS.C4H10S.2C2H6/c1-8-28(36-19-20-37(42-36)33-18-17-32(23-35(33)39)38(6,7)40)21-25(4)34(31-15-13-29(14-16-31)24(2)3)22-27-9-11-30(12-10-27)26(5)41;1-3-4-5-2;2*1-2/h9-21,23-24,34H,4,8,22H2,1-3,5-7H3;3-4H2,1-2H3;2*1-2H3/b28-21+;;;. The lowest BCUT2D eigenvalue weighted by atomic mass is 9.84. The summed E-state index contributed by atoms with van der Waals surface area (Å²) in [7, 11) is 0. The van der Waals surface area contributed by atoms with Gasteiger partial charge in [-0.1, -0.05) is 129 Å². The molecule has 1 unspecified atom stereocenters. The first-order valence-corrected chi connectivity index (χ1v) is 20.7. The molecule has 0 aliphatic carbocycles. The smallest absolute Gasteiger partial charge is 0.159 e. The number of thiophene rings is 1. The highest BCUT2D eigenvalue weighted by Gasteiger charge is 2.21. The fourth-order valence-electron chi connectivity index (χ4n) is 5.30. The van der Waals surface area contributed by atoms with E-state index < -0.39 is 11.5 Å². The van der Waals surface area contributed by atoms with Crippen LogP contribution < -0.4 is 0 Å². The third kappa shape index (κ3) is 14.3. The lowest BCUT2D eigenvalue weighted by Gasteiger charge is -2.20. The molecule has 4 rings (SSSR count). The summed E-state index contributed by atoms with van der Waals surface area (Å²) in [6.07, 6.45) is 7.16. The number of rotatable bonds is 13. The minimum atomic E-state index is -1.60. The maximum Gasteiger partial charge on any atom is 0.159 e. The van der Waals surface area contributed by atoms with E-state index in [1.54, 1.807) is 19.1 Å². The van der Waals surface area contributed by atoms with Crippen LogP contribution in [0, 0.1) is 5.82 Å². The van der Waals surface area contributed by atoms with Crippen molar-refractivity contribution in [2.24, 2.45) is 0 Å². The molecule has 0 radical (unpaired) electrons. The molecule has 0 amide bonds. The number of Topliss-reactive ketones (excluding diaryl/α,β-unsaturated/α-hetero) is 1. The van der Waals surface area contributed by atoms with Crippen LogP contribution in [0.2, 0.25) is 0 Å². The van der Waals surface area contributed by atoms with E-state index >= 15 is 4.39 Å².